The number of H-pyrrole nitrogens is 1. The highest BCUT2D eigenvalue weighted by Gasteiger charge is 2.15. The van der Waals surface area contributed by atoms with E-state index in [2.05, 4.69) is 20.3 Å². The fourth-order valence-electron chi connectivity index (χ4n) is 2.24. The van der Waals surface area contributed by atoms with Gasteiger partial charge in [0, 0.05) is 25.0 Å². The summed E-state index contributed by atoms with van der Waals surface area (Å²) in [6.45, 7) is 2.74. The molecule has 0 saturated carbocycles. The fraction of sp³-hybridized carbons (Fsp3) is 0.267. The smallest absolute Gasteiger partial charge is 0.287 e. The zero-order valence-corrected chi connectivity index (χ0v) is 11.8. The number of hydrogen-bond acceptors (Lipinski definition) is 3. The van der Waals surface area contributed by atoms with E-state index in [0.29, 0.717) is 12.4 Å². The maximum absolute atomic E-state index is 12.3. The summed E-state index contributed by atoms with van der Waals surface area (Å²) in [7, 11) is 0. The van der Waals surface area contributed by atoms with Crippen molar-refractivity contribution in [2.75, 3.05) is 0 Å². The van der Waals surface area contributed by atoms with Crippen LogP contribution in [-0.4, -0.2) is 31.5 Å². The molecule has 0 radical (unpaired) electrons. The summed E-state index contributed by atoms with van der Waals surface area (Å²) in [6, 6.07) is 7.64. The molecule has 0 fully saturated rings. The lowest BCUT2D eigenvalue weighted by molar-refractivity contribution is 0.0922. The molecule has 3 aromatic rings. The molecule has 1 atom stereocenters. The second kappa shape index (κ2) is 5.78. The molecule has 3 rings (SSSR count). The highest BCUT2D eigenvalue weighted by molar-refractivity contribution is 5.94. The van der Waals surface area contributed by atoms with Crippen LogP contribution in [-0.2, 0) is 6.54 Å². The van der Waals surface area contributed by atoms with Gasteiger partial charge in [-0.25, -0.2) is 9.97 Å². The van der Waals surface area contributed by atoms with E-state index >= 15 is 0 Å². The Labute approximate surface area is 122 Å². The quantitative estimate of drug-likeness (QED) is 0.751. The molecule has 1 unspecified atom stereocenters. The molecule has 21 heavy (non-hydrogen) atoms. The van der Waals surface area contributed by atoms with Crippen molar-refractivity contribution in [1.82, 2.24) is 24.8 Å². The van der Waals surface area contributed by atoms with E-state index in [4.69, 9.17) is 0 Å². The normalized spacial score (nSPS) is 12.4. The number of aromatic amines is 1. The first-order chi connectivity index (χ1) is 10.3. The van der Waals surface area contributed by atoms with Crippen LogP contribution >= 0.6 is 0 Å². The van der Waals surface area contributed by atoms with Gasteiger partial charge in [0.05, 0.1) is 17.4 Å². The average molecular weight is 283 g/mol. The lowest BCUT2D eigenvalue weighted by Gasteiger charge is -2.16. The molecule has 2 heterocycles. The summed E-state index contributed by atoms with van der Waals surface area (Å²) in [5.41, 5.74) is 1.66. The summed E-state index contributed by atoms with van der Waals surface area (Å²) in [5, 5.41) is 3.00. The minimum atomic E-state index is -0.182. The lowest BCUT2D eigenvalue weighted by Crippen LogP contribution is -2.37. The number of amides is 1. The fourth-order valence-corrected chi connectivity index (χ4v) is 2.24. The third-order valence-electron chi connectivity index (χ3n) is 3.42. The monoisotopic (exact) mass is 283 g/mol. The van der Waals surface area contributed by atoms with Crippen LogP contribution in [0.15, 0.2) is 43.0 Å². The molecule has 0 aliphatic rings. The predicted molar refractivity (Wildman–Crippen MR) is 79.9 cm³/mol. The predicted octanol–water partition coefficient (Wildman–Crippen LogP) is 1.97. The third-order valence-corrected chi connectivity index (χ3v) is 3.42. The van der Waals surface area contributed by atoms with Crippen molar-refractivity contribution in [3.05, 3.63) is 48.8 Å². The molecule has 2 aromatic heterocycles. The molecule has 108 valence electrons. The molecule has 0 spiro atoms. The second-order valence-electron chi connectivity index (χ2n) is 4.94. The Hall–Kier alpha value is -2.63. The Bertz CT molecular complexity index is 698. The first-order valence-corrected chi connectivity index (χ1v) is 6.97. The molecule has 0 aliphatic heterocycles. The number of para-hydroxylation sites is 2. The number of rotatable bonds is 5. The third kappa shape index (κ3) is 2.94. The first-order valence-electron chi connectivity index (χ1n) is 6.97. The molecule has 6 nitrogen and oxygen atoms in total. The highest BCUT2D eigenvalue weighted by atomic mass is 16.2. The Balaban J connectivity index is 1.72. The number of carbonyl (C=O) groups excluding carboxylic acids is 1. The van der Waals surface area contributed by atoms with Gasteiger partial charge in [0.25, 0.3) is 5.91 Å². The van der Waals surface area contributed by atoms with E-state index in [9.17, 15) is 4.79 Å². The number of nitrogens with one attached hydrogen (secondary N) is 2. The largest absolute Gasteiger partial charge is 0.345 e. The number of nitrogens with zero attached hydrogens (tertiary/aromatic N) is 3. The van der Waals surface area contributed by atoms with Crippen LogP contribution in [0.2, 0.25) is 0 Å². The number of fused-ring (bicyclic) bond motifs is 1. The second-order valence-corrected chi connectivity index (χ2v) is 4.94. The van der Waals surface area contributed by atoms with Gasteiger partial charge in [-0.3, -0.25) is 4.79 Å². The number of benzene rings is 1. The van der Waals surface area contributed by atoms with Crippen molar-refractivity contribution >= 4 is 16.9 Å². The van der Waals surface area contributed by atoms with Gasteiger partial charge in [0.2, 0.25) is 0 Å². The highest BCUT2D eigenvalue weighted by Crippen LogP contribution is 2.10. The Morgan fingerprint density at radius 2 is 2.29 bits per heavy atom. The summed E-state index contributed by atoms with van der Waals surface area (Å²) >= 11 is 0. The molecule has 0 saturated heterocycles. The summed E-state index contributed by atoms with van der Waals surface area (Å²) in [4.78, 5) is 23.6. The van der Waals surface area contributed by atoms with Gasteiger partial charge in [-0.1, -0.05) is 19.1 Å². The minimum Gasteiger partial charge on any atom is -0.345 e. The van der Waals surface area contributed by atoms with Crippen LogP contribution in [0.4, 0.5) is 0 Å². The van der Waals surface area contributed by atoms with Gasteiger partial charge >= 0.3 is 0 Å². The Morgan fingerprint density at radius 1 is 1.43 bits per heavy atom. The van der Waals surface area contributed by atoms with Gasteiger partial charge < -0.3 is 14.9 Å². The molecule has 1 aromatic carbocycles. The van der Waals surface area contributed by atoms with Crippen molar-refractivity contribution in [3.63, 3.8) is 0 Å². The molecule has 1 amide bonds. The van der Waals surface area contributed by atoms with Crippen molar-refractivity contribution < 1.29 is 4.79 Å². The summed E-state index contributed by atoms with van der Waals surface area (Å²) < 4.78 is 1.95. The van der Waals surface area contributed by atoms with E-state index in [-0.39, 0.29) is 11.9 Å². The molecule has 0 bridgehead atoms. The first kappa shape index (κ1) is 13.4. The molecular weight excluding hydrogens is 266 g/mol. The van der Waals surface area contributed by atoms with Crippen molar-refractivity contribution in [2.24, 2.45) is 0 Å². The maximum Gasteiger partial charge on any atom is 0.287 e. The lowest BCUT2D eigenvalue weighted by atomic mass is 10.2. The van der Waals surface area contributed by atoms with Gasteiger partial charge in [0.15, 0.2) is 5.82 Å². The number of aromatic nitrogens is 4. The van der Waals surface area contributed by atoms with Crippen LogP contribution in [0.25, 0.3) is 11.0 Å². The van der Waals surface area contributed by atoms with Crippen molar-refractivity contribution in [2.45, 2.75) is 25.9 Å². The van der Waals surface area contributed by atoms with Crippen LogP contribution in [0, 0.1) is 0 Å². The summed E-state index contributed by atoms with van der Waals surface area (Å²) in [6.07, 6.45) is 6.20. The SMILES string of the molecule is CCC(Cn1ccnc1)NC(=O)c1nc2ccccc2[nH]1. The molecular formula is C15H17N5O. The standard InChI is InChI=1S/C15H17N5O/c1-2-11(9-20-8-7-16-10-20)17-15(21)14-18-12-5-3-4-6-13(12)19-14/h3-8,10-11H,2,9H2,1H3,(H,17,21)(H,18,19). The van der Waals surface area contributed by atoms with E-state index in [1.54, 1.807) is 12.5 Å². The Kier molecular flexibility index (Phi) is 3.68. The maximum atomic E-state index is 12.3. The van der Waals surface area contributed by atoms with E-state index in [0.717, 1.165) is 17.5 Å². The van der Waals surface area contributed by atoms with Gasteiger partial charge in [0.1, 0.15) is 0 Å². The minimum absolute atomic E-state index is 0.0416. The number of carbonyl (C=O) groups is 1. The van der Waals surface area contributed by atoms with Crippen molar-refractivity contribution in [1.29, 1.82) is 0 Å². The van der Waals surface area contributed by atoms with Crippen molar-refractivity contribution in [3.8, 4) is 0 Å². The number of hydrogen-bond donors (Lipinski definition) is 2. The van der Waals surface area contributed by atoms with E-state index in [1.165, 1.54) is 0 Å². The molecule has 6 heteroatoms. The van der Waals surface area contributed by atoms with Gasteiger partial charge in [-0.15, -0.1) is 0 Å². The topological polar surface area (TPSA) is 75.6 Å². The molecule has 0 aliphatic carbocycles. The summed E-state index contributed by atoms with van der Waals surface area (Å²) in [5.74, 6) is 0.165. The van der Waals surface area contributed by atoms with Crippen LogP contribution in [0.3, 0.4) is 0 Å². The average Bonchev–Trinajstić information content (AvgIpc) is 3.15. The van der Waals surface area contributed by atoms with Gasteiger partial charge in [-0.2, -0.15) is 0 Å². The van der Waals surface area contributed by atoms with Gasteiger partial charge in [-0.05, 0) is 18.6 Å². The van der Waals surface area contributed by atoms with Crippen LogP contribution in [0.1, 0.15) is 24.0 Å². The van der Waals surface area contributed by atoms with E-state index in [1.807, 2.05) is 42.0 Å². The van der Waals surface area contributed by atoms with Crippen LogP contribution in [0.5, 0.6) is 0 Å². The zero-order valence-electron chi connectivity index (χ0n) is 11.8. The van der Waals surface area contributed by atoms with E-state index < -0.39 is 0 Å². The Morgan fingerprint density at radius 3 is 3.00 bits per heavy atom. The van der Waals surface area contributed by atoms with Crippen LogP contribution < -0.4 is 5.32 Å². The zero-order chi connectivity index (χ0) is 14.7. The molecule has 2 N–H and O–H groups in total. The number of imidazole rings is 2.